The van der Waals surface area contributed by atoms with Gasteiger partial charge < -0.3 is 18.9 Å². The molecule has 0 amide bonds. The molecule has 51 heavy (non-hydrogen) atoms. The second kappa shape index (κ2) is 14.7. The first-order valence-electron chi connectivity index (χ1n) is 15.8. The van der Waals surface area contributed by atoms with Crippen molar-refractivity contribution in [2.45, 2.75) is 9.79 Å². The number of rotatable bonds is 10. The van der Waals surface area contributed by atoms with Gasteiger partial charge >= 0.3 is 23.4 Å². The summed E-state index contributed by atoms with van der Waals surface area (Å²) in [4.78, 5) is 9.58. The molecule has 0 bridgehead atoms. The number of ether oxygens (including phenoxy) is 4. The van der Waals surface area contributed by atoms with Gasteiger partial charge in [0.1, 0.15) is 47.8 Å². The predicted molar refractivity (Wildman–Crippen MR) is 191 cm³/mol. The maximum atomic E-state index is 13.5. The van der Waals surface area contributed by atoms with Crippen LogP contribution in [0.15, 0.2) is 142 Å². The van der Waals surface area contributed by atoms with Crippen LogP contribution in [0.25, 0.3) is 0 Å². The van der Waals surface area contributed by atoms with Crippen LogP contribution in [-0.2, 0) is 47.5 Å². The fourth-order valence-electron chi connectivity index (χ4n) is 5.41. The first-order valence-corrected chi connectivity index (χ1v) is 17.3. The summed E-state index contributed by atoms with van der Waals surface area (Å²) < 4.78 is 57.8. The smallest absolute Gasteiger partial charge is 0.344 e. The van der Waals surface area contributed by atoms with Crippen molar-refractivity contribution in [2.75, 3.05) is 14.2 Å². The SMILES string of the molecule is CO/C(=N\c1cccc(Oc2ccc(S(=O)(=O)c3ccc(Oc4cccc(/N=C(\OC)c5n(C)cc[n+]5C)c4)cc3)cc2)c1)c1n(C)cc[n+]1C. The lowest BCUT2D eigenvalue weighted by atomic mass is 10.3. The van der Waals surface area contributed by atoms with Gasteiger partial charge in [0.2, 0.25) is 9.84 Å². The molecule has 0 saturated heterocycles. The van der Waals surface area contributed by atoms with E-state index >= 15 is 0 Å². The summed E-state index contributed by atoms with van der Waals surface area (Å²) in [6.07, 6.45) is 7.67. The lowest BCUT2D eigenvalue weighted by Gasteiger charge is -2.10. The molecule has 6 aromatic rings. The Balaban J connectivity index is 1.13. The van der Waals surface area contributed by atoms with Crippen LogP contribution >= 0.6 is 0 Å². The van der Waals surface area contributed by atoms with Gasteiger partial charge in [0.25, 0.3) is 0 Å². The van der Waals surface area contributed by atoms with Crippen molar-refractivity contribution in [2.24, 2.45) is 38.2 Å². The number of hydrogen-bond donors (Lipinski definition) is 0. The molecule has 0 unspecified atom stereocenters. The molecule has 13 heteroatoms. The molecule has 6 rings (SSSR count). The minimum atomic E-state index is -3.80. The summed E-state index contributed by atoms with van der Waals surface area (Å²) in [5.41, 5.74) is 1.27. The number of aromatic nitrogens is 4. The van der Waals surface area contributed by atoms with Crippen molar-refractivity contribution in [3.8, 4) is 23.0 Å². The second-order valence-electron chi connectivity index (χ2n) is 11.6. The van der Waals surface area contributed by atoms with E-state index in [1.54, 1.807) is 62.8 Å². The zero-order valence-electron chi connectivity index (χ0n) is 29.1. The quantitative estimate of drug-likeness (QED) is 0.1000. The molecule has 0 saturated carbocycles. The number of benzene rings is 4. The van der Waals surface area contributed by atoms with E-state index in [-0.39, 0.29) is 9.79 Å². The first kappa shape index (κ1) is 34.6. The Morgan fingerprint density at radius 2 is 0.980 bits per heavy atom. The van der Waals surface area contributed by atoms with Gasteiger partial charge in [-0.25, -0.2) is 36.7 Å². The van der Waals surface area contributed by atoms with Crippen LogP contribution < -0.4 is 18.6 Å². The molecule has 12 nitrogen and oxygen atoms in total. The standard InChI is InChI=1S/C38H38N6O6S/c1-41-21-22-42(2)37(41)35(47-5)39-27-9-7-11-31(25-27)49-29-13-17-33(18-14-29)51(45,46)34-19-15-30(16-20-34)50-32-12-8-10-28(26-32)40-36(48-6)38-43(3)23-24-44(38)4/h7-26H,1-6H3/q+2/b39-35-,40-36-. The maximum Gasteiger partial charge on any atom is 0.344 e. The van der Waals surface area contributed by atoms with Gasteiger partial charge in [-0.05, 0) is 72.8 Å². The highest BCUT2D eigenvalue weighted by Gasteiger charge is 2.22. The van der Waals surface area contributed by atoms with Crippen molar-refractivity contribution < 1.29 is 36.5 Å². The first-order chi connectivity index (χ1) is 24.5. The average Bonchev–Trinajstić information content (AvgIpc) is 3.65. The number of hydrogen-bond acceptors (Lipinski definition) is 8. The highest BCUT2D eigenvalue weighted by atomic mass is 32.2. The van der Waals surface area contributed by atoms with E-state index < -0.39 is 9.84 Å². The third kappa shape index (κ3) is 7.68. The lowest BCUT2D eigenvalue weighted by molar-refractivity contribution is -0.672. The van der Waals surface area contributed by atoms with E-state index in [1.165, 1.54) is 24.3 Å². The van der Waals surface area contributed by atoms with Gasteiger partial charge in [-0.15, -0.1) is 0 Å². The van der Waals surface area contributed by atoms with Crippen LogP contribution in [0.1, 0.15) is 11.6 Å². The zero-order valence-corrected chi connectivity index (χ0v) is 29.9. The number of methoxy groups -OCH3 is 2. The normalized spacial score (nSPS) is 12.1. The number of aliphatic imine (C=N–C) groups is 2. The van der Waals surface area contributed by atoms with Crippen molar-refractivity contribution in [3.63, 3.8) is 0 Å². The molecule has 4 aromatic carbocycles. The van der Waals surface area contributed by atoms with E-state index in [9.17, 15) is 8.42 Å². The molecule has 0 fully saturated rings. The van der Waals surface area contributed by atoms with Gasteiger partial charge in [-0.1, -0.05) is 12.1 Å². The molecule has 0 aliphatic carbocycles. The zero-order chi connectivity index (χ0) is 36.1. The van der Waals surface area contributed by atoms with Gasteiger partial charge in [0.05, 0.1) is 63.6 Å². The summed E-state index contributed by atoms with van der Waals surface area (Å²) in [5.74, 6) is 4.52. The third-order valence-electron chi connectivity index (χ3n) is 7.97. The van der Waals surface area contributed by atoms with Gasteiger partial charge in [-0.3, -0.25) is 0 Å². The predicted octanol–water partition coefficient (Wildman–Crippen LogP) is 5.88. The summed E-state index contributed by atoms with van der Waals surface area (Å²) in [6, 6.07) is 27.0. The number of sulfone groups is 1. The third-order valence-corrected chi connectivity index (χ3v) is 9.75. The monoisotopic (exact) mass is 706 g/mol. The van der Waals surface area contributed by atoms with E-state index in [0.717, 1.165) is 11.6 Å². The summed E-state index contributed by atoms with van der Waals surface area (Å²) in [5, 5.41) is 0. The van der Waals surface area contributed by atoms with Crippen LogP contribution in [0.3, 0.4) is 0 Å². The Kier molecular flexibility index (Phi) is 10.0. The van der Waals surface area contributed by atoms with Crippen molar-refractivity contribution >= 4 is 33.0 Å². The average molecular weight is 707 g/mol. The topological polar surface area (TPSA) is 113 Å². The minimum absolute atomic E-state index is 0.133. The molecule has 2 aromatic heterocycles. The van der Waals surface area contributed by atoms with E-state index in [4.69, 9.17) is 18.9 Å². The number of imidazole rings is 2. The Hall–Kier alpha value is -6.21. The Labute approximate surface area is 296 Å². The summed E-state index contributed by atoms with van der Waals surface area (Å²) in [7, 11) is 7.01. The highest BCUT2D eigenvalue weighted by molar-refractivity contribution is 7.91. The largest absolute Gasteiger partial charge is 0.475 e. The number of nitrogens with zero attached hydrogens (tertiary/aromatic N) is 6. The van der Waals surface area contributed by atoms with E-state index in [1.807, 2.05) is 95.5 Å². The van der Waals surface area contributed by atoms with Crippen molar-refractivity contribution in [1.82, 2.24) is 9.13 Å². The van der Waals surface area contributed by atoms with Crippen LogP contribution in [-0.4, -0.2) is 43.6 Å². The van der Waals surface area contributed by atoms with Crippen molar-refractivity contribution in [1.29, 1.82) is 0 Å². The van der Waals surface area contributed by atoms with Crippen LogP contribution in [0, 0.1) is 0 Å². The van der Waals surface area contributed by atoms with E-state index in [2.05, 4.69) is 9.98 Å². The Morgan fingerprint density at radius 1 is 0.588 bits per heavy atom. The molecule has 0 aliphatic heterocycles. The van der Waals surface area contributed by atoms with Crippen LogP contribution in [0.2, 0.25) is 0 Å². The van der Waals surface area contributed by atoms with Gasteiger partial charge in [0.15, 0.2) is 0 Å². The summed E-state index contributed by atoms with van der Waals surface area (Å²) in [6.45, 7) is 0. The highest BCUT2D eigenvalue weighted by Crippen LogP contribution is 2.31. The Bertz CT molecular complexity index is 2140. The molecule has 0 atom stereocenters. The fraction of sp³-hybridized carbons (Fsp3) is 0.158. The van der Waals surface area contributed by atoms with Gasteiger partial charge in [-0.2, -0.15) is 0 Å². The second-order valence-corrected chi connectivity index (χ2v) is 13.5. The van der Waals surface area contributed by atoms with Crippen LogP contribution in [0.4, 0.5) is 11.4 Å². The molecule has 0 aliphatic rings. The molecule has 2 heterocycles. The fourth-order valence-corrected chi connectivity index (χ4v) is 6.67. The van der Waals surface area contributed by atoms with Crippen LogP contribution in [0.5, 0.6) is 23.0 Å². The summed E-state index contributed by atoms with van der Waals surface area (Å²) >= 11 is 0. The van der Waals surface area contributed by atoms with Gasteiger partial charge in [0, 0.05) is 12.1 Å². The molecule has 0 N–H and O–H groups in total. The molecule has 260 valence electrons. The maximum absolute atomic E-state index is 13.5. The number of aryl methyl sites for hydroxylation is 4. The molecule has 0 spiro atoms. The van der Waals surface area contributed by atoms with E-state index in [0.29, 0.717) is 46.2 Å². The molecular weight excluding hydrogens is 669 g/mol. The Morgan fingerprint density at radius 3 is 1.31 bits per heavy atom. The lowest BCUT2D eigenvalue weighted by Crippen LogP contribution is -2.35. The molecular formula is C38H38N6O6S+2. The van der Waals surface area contributed by atoms with Crippen molar-refractivity contribution in [3.05, 3.63) is 133 Å². The molecule has 0 radical (unpaired) electrons. The minimum Gasteiger partial charge on any atom is -0.475 e.